The van der Waals surface area contributed by atoms with E-state index in [0.717, 1.165) is 18.0 Å². The monoisotopic (exact) mass is 268 g/mol. The van der Waals surface area contributed by atoms with Crippen LogP contribution in [0.25, 0.3) is 0 Å². The molecule has 2 unspecified atom stereocenters. The molecule has 100 valence electrons. The Hall–Kier alpha value is -0.930. The minimum Gasteiger partial charge on any atom is -0.495 e. The molecule has 18 heavy (non-hydrogen) atoms. The molecule has 0 amide bonds. The van der Waals surface area contributed by atoms with Gasteiger partial charge in [-0.05, 0) is 38.9 Å². The molecule has 0 saturated carbocycles. The standard InChI is InChI=1S/C14H21ClN2O/c1-10-8-12(6-7-17(10)2)16-11-4-5-13(15)14(9-11)18-3/h4-5,9-10,12,16H,6-8H2,1-3H3. The van der Waals surface area contributed by atoms with E-state index in [-0.39, 0.29) is 0 Å². The van der Waals surface area contributed by atoms with Gasteiger partial charge in [0.25, 0.3) is 0 Å². The van der Waals surface area contributed by atoms with Crippen molar-refractivity contribution in [3.8, 4) is 5.75 Å². The zero-order valence-corrected chi connectivity index (χ0v) is 12.0. The molecule has 0 radical (unpaired) electrons. The summed E-state index contributed by atoms with van der Waals surface area (Å²) in [5, 5.41) is 4.22. The smallest absolute Gasteiger partial charge is 0.139 e. The molecule has 2 atom stereocenters. The zero-order chi connectivity index (χ0) is 13.1. The first kappa shape index (κ1) is 13.5. The molecule has 0 spiro atoms. The van der Waals surface area contributed by atoms with E-state index in [9.17, 15) is 0 Å². The number of rotatable bonds is 3. The molecule has 1 N–H and O–H groups in total. The maximum atomic E-state index is 6.02. The van der Waals surface area contributed by atoms with Gasteiger partial charge in [-0.15, -0.1) is 0 Å². The van der Waals surface area contributed by atoms with E-state index in [1.165, 1.54) is 12.8 Å². The van der Waals surface area contributed by atoms with Crippen molar-refractivity contribution in [3.05, 3.63) is 23.2 Å². The molecule has 2 rings (SSSR count). The quantitative estimate of drug-likeness (QED) is 0.911. The van der Waals surface area contributed by atoms with Crippen molar-refractivity contribution in [1.29, 1.82) is 0 Å². The lowest BCUT2D eigenvalue weighted by Gasteiger charge is -2.35. The largest absolute Gasteiger partial charge is 0.495 e. The zero-order valence-electron chi connectivity index (χ0n) is 11.2. The van der Waals surface area contributed by atoms with Crippen molar-refractivity contribution < 1.29 is 4.74 Å². The molecule has 0 aromatic heterocycles. The number of hydrogen-bond acceptors (Lipinski definition) is 3. The number of nitrogens with one attached hydrogen (secondary N) is 1. The minimum absolute atomic E-state index is 0.530. The van der Waals surface area contributed by atoms with E-state index in [4.69, 9.17) is 16.3 Å². The molecule has 1 heterocycles. The molecule has 0 bridgehead atoms. The number of methoxy groups -OCH3 is 1. The molecule has 1 aromatic rings. The Kier molecular flexibility index (Phi) is 4.36. The van der Waals surface area contributed by atoms with Crippen molar-refractivity contribution in [2.75, 3.05) is 26.0 Å². The Bertz CT molecular complexity index is 411. The number of halogens is 1. The molecular weight excluding hydrogens is 248 g/mol. The first-order valence-corrected chi connectivity index (χ1v) is 6.78. The number of piperidine rings is 1. The number of likely N-dealkylation sites (tertiary alicyclic amines) is 1. The molecule has 1 aromatic carbocycles. The Morgan fingerprint density at radius 2 is 2.22 bits per heavy atom. The van der Waals surface area contributed by atoms with Crippen molar-refractivity contribution in [3.63, 3.8) is 0 Å². The van der Waals surface area contributed by atoms with Crippen LogP contribution in [-0.2, 0) is 0 Å². The van der Waals surface area contributed by atoms with Crippen LogP contribution >= 0.6 is 11.6 Å². The van der Waals surface area contributed by atoms with Gasteiger partial charge in [-0.25, -0.2) is 0 Å². The van der Waals surface area contributed by atoms with Crippen LogP contribution in [-0.4, -0.2) is 37.7 Å². The van der Waals surface area contributed by atoms with Gasteiger partial charge in [-0.3, -0.25) is 0 Å². The molecule has 1 aliphatic heterocycles. The lowest BCUT2D eigenvalue weighted by atomic mass is 9.98. The topological polar surface area (TPSA) is 24.5 Å². The van der Waals surface area contributed by atoms with Crippen molar-refractivity contribution in [2.45, 2.75) is 31.8 Å². The highest BCUT2D eigenvalue weighted by molar-refractivity contribution is 6.32. The highest BCUT2D eigenvalue weighted by Gasteiger charge is 2.22. The predicted octanol–water partition coefficient (Wildman–Crippen LogP) is 3.24. The fourth-order valence-corrected chi connectivity index (χ4v) is 2.60. The second-order valence-electron chi connectivity index (χ2n) is 5.04. The van der Waals surface area contributed by atoms with Crippen LogP contribution in [0.2, 0.25) is 5.02 Å². The molecule has 4 heteroatoms. The summed E-state index contributed by atoms with van der Waals surface area (Å²) in [7, 11) is 3.83. The Morgan fingerprint density at radius 1 is 1.44 bits per heavy atom. The summed E-state index contributed by atoms with van der Waals surface area (Å²) in [5.41, 5.74) is 1.08. The lowest BCUT2D eigenvalue weighted by Crippen LogP contribution is -2.42. The maximum Gasteiger partial charge on any atom is 0.139 e. The Labute approximate surface area is 114 Å². The number of ether oxygens (including phenoxy) is 1. The van der Waals surface area contributed by atoms with Gasteiger partial charge in [0.1, 0.15) is 5.75 Å². The molecule has 3 nitrogen and oxygen atoms in total. The molecule has 1 aliphatic rings. The van der Waals surface area contributed by atoms with Gasteiger partial charge in [0.2, 0.25) is 0 Å². The summed E-state index contributed by atoms with van der Waals surface area (Å²) >= 11 is 6.02. The van der Waals surface area contributed by atoms with Gasteiger partial charge in [-0.2, -0.15) is 0 Å². The Balaban J connectivity index is 2.01. The SMILES string of the molecule is COc1cc(NC2CCN(C)C(C)C2)ccc1Cl. The number of benzene rings is 1. The fraction of sp³-hybridized carbons (Fsp3) is 0.571. The summed E-state index contributed by atoms with van der Waals surface area (Å²) in [4.78, 5) is 2.40. The Morgan fingerprint density at radius 3 is 2.89 bits per heavy atom. The van der Waals surface area contributed by atoms with Gasteiger partial charge >= 0.3 is 0 Å². The highest BCUT2D eigenvalue weighted by atomic mass is 35.5. The summed E-state index contributed by atoms with van der Waals surface area (Å²) in [6, 6.07) is 7.01. The average Bonchev–Trinajstić information content (AvgIpc) is 2.36. The summed E-state index contributed by atoms with van der Waals surface area (Å²) in [5.74, 6) is 0.725. The molecule has 0 aliphatic carbocycles. The van der Waals surface area contributed by atoms with Crippen LogP contribution in [0.5, 0.6) is 5.75 Å². The number of nitrogens with zero attached hydrogens (tertiary/aromatic N) is 1. The molecule has 1 saturated heterocycles. The van der Waals surface area contributed by atoms with E-state index in [1.807, 2.05) is 18.2 Å². The summed E-state index contributed by atoms with van der Waals surface area (Å²) in [6.45, 7) is 3.42. The van der Waals surface area contributed by atoms with E-state index >= 15 is 0 Å². The van der Waals surface area contributed by atoms with Gasteiger partial charge in [0.15, 0.2) is 0 Å². The van der Waals surface area contributed by atoms with E-state index < -0.39 is 0 Å². The van der Waals surface area contributed by atoms with E-state index in [0.29, 0.717) is 17.1 Å². The van der Waals surface area contributed by atoms with Gasteiger partial charge in [0, 0.05) is 30.4 Å². The minimum atomic E-state index is 0.530. The fourth-order valence-electron chi connectivity index (χ4n) is 2.41. The van der Waals surface area contributed by atoms with Crippen molar-refractivity contribution in [2.24, 2.45) is 0 Å². The van der Waals surface area contributed by atoms with Crippen LogP contribution in [0, 0.1) is 0 Å². The lowest BCUT2D eigenvalue weighted by molar-refractivity contribution is 0.190. The van der Waals surface area contributed by atoms with Crippen LogP contribution < -0.4 is 10.1 Å². The second kappa shape index (κ2) is 5.81. The van der Waals surface area contributed by atoms with Gasteiger partial charge in [-0.1, -0.05) is 11.6 Å². The third kappa shape index (κ3) is 3.09. The third-order valence-electron chi connectivity index (χ3n) is 3.73. The van der Waals surface area contributed by atoms with E-state index in [2.05, 4.69) is 24.2 Å². The van der Waals surface area contributed by atoms with Crippen molar-refractivity contribution >= 4 is 17.3 Å². The first-order chi connectivity index (χ1) is 8.60. The van der Waals surface area contributed by atoms with Crippen LogP contribution in [0.4, 0.5) is 5.69 Å². The molecular formula is C14H21ClN2O. The third-order valence-corrected chi connectivity index (χ3v) is 4.04. The predicted molar refractivity (Wildman–Crippen MR) is 76.7 cm³/mol. The molecule has 1 fully saturated rings. The summed E-state index contributed by atoms with van der Waals surface area (Å²) in [6.07, 6.45) is 2.34. The first-order valence-electron chi connectivity index (χ1n) is 6.40. The second-order valence-corrected chi connectivity index (χ2v) is 5.45. The van der Waals surface area contributed by atoms with Crippen LogP contribution in [0.1, 0.15) is 19.8 Å². The number of hydrogen-bond donors (Lipinski definition) is 1. The van der Waals surface area contributed by atoms with E-state index in [1.54, 1.807) is 7.11 Å². The average molecular weight is 269 g/mol. The highest BCUT2D eigenvalue weighted by Crippen LogP contribution is 2.29. The van der Waals surface area contributed by atoms with Gasteiger partial charge in [0.05, 0.1) is 12.1 Å². The normalized spacial score (nSPS) is 24.9. The number of anilines is 1. The van der Waals surface area contributed by atoms with Gasteiger partial charge < -0.3 is 15.0 Å². The van der Waals surface area contributed by atoms with Crippen molar-refractivity contribution in [1.82, 2.24) is 4.90 Å². The maximum absolute atomic E-state index is 6.02. The summed E-state index contributed by atoms with van der Waals surface area (Å²) < 4.78 is 5.23. The van der Waals surface area contributed by atoms with Crippen LogP contribution in [0.3, 0.4) is 0 Å². The van der Waals surface area contributed by atoms with Crippen LogP contribution in [0.15, 0.2) is 18.2 Å².